The van der Waals surface area contributed by atoms with Crippen LogP contribution in [0.4, 0.5) is 8.78 Å². The van der Waals surface area contributed by atoms with Gasteiger partial charge in [-0.2, -0.15) is 0 Å². The molecule has 58 valence electrons. The van der Waals surface area contributed by atoms with Crippen molar-refractivity contribution >= 4 is 16.8 Å². The first-order valence-electron chi connectivity index (χ1n) is 3.23. The lowest BCUT2D eigenvalue weighted by Crippen LogP contribution is -1.95. The first-order chi connectivity index (χ1) is 4.79. The lowest BCUT2D eigenvalue weighted by atomic mass is 10.3. The third-order valence-electron chi connectivity index (χ3n) is 1.22. The Bertz CT molecular complexity index is 136. The molecule has 0 radical (unpaired) electrons. The van der Waals surface area contributed by atoms with Gasteiger partial charge in [-0.25, -0.2) is 8.78 Å². The van der Waals surface area contributed by atoms with Gasteiger partial charge in [0.1, 0.15) is 0 Å². The lowest BCUT2D eigenvalue weighted by molar-refractivity contribution is 0.140. The summed E-state index contributed by atoms with van der Waals surface area (Å²) in [5, 5.41) is 0.903. The fraction of sp³-hybridized carbons (Fsp3) is 0.833. The molecule has 0 aliphatic carbocycles. The van der Waals surface area contributed by atoms with Crippen molar-refractivity contribution in [1.82, 2.24) is 0 Å². The van der Waals surface area contributed by atoms with Crippen LogP contribution in [0.1, 0.15) is 12.8 Å². The van der Waals surface area contributed by atoms with E-state index in [2.05, 4.69) is 4.99 Å². The molecule has 0 saturated carbocycles. The number of alkyl halides is 2. The molecule has 10 heavy (non-hydrogen) atoms. The van der Waals surface area contributed by atoms with E-state index in [0.717, 1.165) is 17.3 Å². The maximum absolute atomic E-state index is 11.6. The van der Waals surface area contributed by atoms with Gasteiger partial charge in [-0.3, -0.25) is 4.99 Å². The van der Waals surface area contributed by atoms with E-state index < -0.39 is 6.43 Å². The molecule has 0 unspecified atom stereocenters. The van der Waals surface area contributed by atoms with Crippen molar-refractivity contribution in [2.24, 2.45) is 4.99 Å². The quantitative estimate of drug-likeness (QED) is 0.624. The molecule has 1 rings (SSSR count). The smallest absolute Gasteiger partial charge is 0.239 e. The molecular formula is C6H9F2NS. The van der Waals surface area contributed by atoms with Crippen molar-refractivity contribution < 1.29 is 8.78 Å². The van der Waals surface area contributed by atoms with E-state index in [-0.39, 0.29) is 6.42 Å². The van der Waals surface area contributed by atoms with E-state index in [4.69, 9.17) is 0 Å². The Hall–Kier alpha value is -0.120. The highest BCUT2D eigenvalue weighted by Crippen LogP contribution is 2.17. The molecule has 0 spiro atoms. The Morgan fingerprint density at radius 2 is 2.40 bits per heavy atom. The molecule has 0 aromatic rings. The highest BCUT2D eigenvalue weighted by atomic mass is 32.2. The standard InChI is InChI=1S/C6H9F2NS/c7-5(8)1-2-6-9-3-4-10-6/h5H,1-4H2. The summed E-state index contributed by atoms with van der Waals surface area (Å²) in [6, 6.07) is 0. The summed E-state index contributed by atoms with van der Waals surface area (Å²) in [7, 11) is 0. The molecule has 0 atom stereocenters. The van der Waals surface area contributed by atoms with Gasteiger partial charge in [0.2, 0.25) is 6.43 Å². The summed E-state index contributed by atoms with van der Waals surface area (Å²) in [6.45, 7) is 0.809. The third kappa shape index (κ3) is 2.64. The second kappa shape index (κ2) is 3.91. The minimum Gasteiger partial charge on any atom is -0.282 e. The van der Waals surface area contributed by atoms with Gasteiger partial charge in [0.05, 0.1) is 5.04 Å². The minimum atomic E-state index is -2.18. The maximum Gasteiger partial charge on any atom is 0.239 e. The summed E-state index contributed by atoms with van der Waals surface area (Å²) in [5.41, 5.74) is 0. The van der Waals surface area contributed by atoms with E-state index >= 15 is 0 Å². The van der Waals surface area contributed by atoms with Crippen LogP contribution >= 0.6 is 11.8 Å². The minimum absolute atomic E-state index is 0.0359. The molecule has 0 bridgehead atoms. The summed E-state index contributed by atoms with van der Waals surface area (Å²) >= 11 is 1.60. The zero-order valence-electron chi connectivity index (χ0n) is 5.52. The summed E-state index contributed by atoms with van der Waals surface area (Å²) in [4.78, 5) is 4.05. The van der Waals surface area contributed by atoms with Gasteiger partial charge in [-0.1, -0.05) is 0 Å². The van der Waals surface area contributed by atoms with Crippen molar-refractivity contribution in [1.29, 1.82) is 0 Å². The average molecular weight is 165 g/mol. The van der Waals surface area contributed by atoms with Crippen molar-refractivity contribution in [2.45, 2.75) is 19.3 Å². The van der Waals surface area contributed by atoms with E-state index in [9.17, 15) is 8.78 Å². The van der Waals surface area contributed by atoms with Crippen LogP contribution < -0.4 is 0 Å². The van der Waals surface area contributed by atoms with Crippen LogP contribution in [0.15, 0.2) is 4.99 Å². The van der Waals surface area contributed by atoms with Crippen LogP contribution in [0.25, 0.3) is 0 Å². The lowest BCUT2D eigenvalue weighted by Gasteiger charge is -1.96. The van der Waals surface area contributed by atoms with Crippen molar-refractivity contribution in [3.63, 3.8) is 0 Å². The van der Waals surface area contributed by atoms with Gasteiger partial charge < -0.3 is 0 Å². The van der Waals surface area contributed by atoms with Crippen LogP contribution in [0.2, 0.25) is 0 Å². The largest absolute Gasteiger partial charge is 0.282 e. The van der Waals surface area contributed by atoms with E-state index in [1.807, 2.05) is 0 Å². The van der Waals surface area contributed by atoms with Crippen LogP contribution in [0, 0.1) is 0 Å². The fourth-order valence-corrected chi connectivity index (χ4v) is 1.63. The zero-order chi connectivity index (χ0) is 7.40. The second-order valence-corrected chi connectivity index (χ2v) is 3.22. The molecule has 1 nitrogen and oxygen atoms in total. The van der Waals surface area contributed by atoms with Gasteiger partial charge in [0, 0.05) is 25.1 Å². The summed E-state index contributed by atoms with van der Waals surface area (Å²) < 4.78 is 23.2. The number of aliphatic imine (C=N–C) groups is 1. The Morgan fingerprint density at radius 1 is 1.60 bits per heavy atom. The van der Waals surface area contributed by atoms with Crippen molar-refractivity contribution in [3.05, 3.63) is 0 Å². The molecule has 4 heteroatoms. The Labute approximate surface area is 62.9 Å². The SMILES string of the molecule is FC(F)CCC1=NCCS1. The molecule has 0 fully saturated rings. The monoisotopic (exact) mass is 165 g/mol. The molecule has 0 amide bonds. The predicted molar refractivity (Wildman–Crippen MR) is 40.0 cm³/mol. The normalized spacial score (nSPS) is 18.1. The zero-order valence-corrected chi connectivity index (χ0v) is 6.33. The van der Waals surface area contributed by atoms with Gasteiger partial charge in [-0.05, 0) is 0 Å². The van der Waals surface area contributed by atoms with Crippen LogP contribution in [0.5, 0.6) is 0 Å². The highest BCUT2D eigenvalue weighted by Gasteiger charge is 2.09. The van der Waals surface area contributed by atoms with Crippen molar-refractivity contribution in [2.75, 3.05) is 12.3 Å². The highest BCUT2D eigenvalue weighted by molar-refractivity contribution is 8.14. The van der Waals surface area contributed by atoms with E-state index in [1.165, 1.54) is 0 Å². The number of thioether (sulfide) groups is 1. The molecule has 0 aromatic carbocycles. The second-order valence-electron chi connectivity index (χ2n) is 2.05. The van der Waals surface area contributed by atoms with Gasteiger partial charge >= 0.3 is 0 Å². The molecule has 1 aliphatic rings. The Balaban J connectivity index is 2.13. The third-order valence-corrected chi connectivity index (χ3v) is 2.28. The Kier molecular flexibility index (Phi) is 3.12. The number of nitrogens with zero attached hydrogens (tertiary/aromatic N) is 1. The van der Waals surface area contributed by atoms with Crippen LogP contribution in [0.3, 0.4) is 0 Å². The van der Waals surface area contributed by atoms with E-state index in [1.54, 1.807) is 11.8 Å². The molecule has 0 aromatic heterocycles. The first kappa shape index (κ1) is 7.98. The van der Waals surface area contributed by atoms with Gasteiger partial charge in [0.25, 0.3) is 0 Å². The maximum atomic E-state index is 11.6. The van der Waals surface area contributed by atoms with Gasteiger partial charge in [0.15, 0.2) is 0 Å². The van der Waals surface area contributed by atoms with Crippen LogP contribution in [-0.2, 0) is 0 Å². The number of hydrogen-bond donors (Lipinski definition) is 0. The summed E-state index contributed by atoms with van der Waals surface area (Å²) in [6.07, 6.45) is -1.75. The number of rotatable bonds is 3. The number of hydrogen-bond acceptors (Lipinski definition) is 2. The molecular weight excluding hydrogens is 156 g/mol. The topological polar surface area (TPSA) is 12.4 Å². The number of halogens is 2. The molecule has 0 saturated heterocycles. The molecule has 1 heterocycles. The predicted octanol–water partition coefficient (Wildman–Crippen LogP) is 2.18. The molecule has 0 N–H and O–H groups in total. The van der Waals surface area contributed by atoms with Gasteiger partial charge in [-0.15, -0.1) is 11.8 Å². The summed E-state index contributed by atoms with van der Waals surface area (Å²) in [5.74, 6) is 0.971. The van der Waals surface area contributed by atoms with Crippen molar-refractivity contribution in [3.8, 4) is 0 Å². The Morgan fingerprint density at radius 3 is 2.90 bits per heavy atom. The first-order valence-corrected chi connectivity index (χ1v) is 4.22. The molecule has 1 aliphatic heterocycles. The van der Waals surface area contributed by atoms with E-state index in [0.29, 0.717) is 6.42 Å². The average Bonchev–Trinajstić information content (AvgIpc) is 2.34. The fourth-order valence-electron chi connectivity index (χ4n) is 0.763. The van der Waals surface area contributed by atoms with Crippen LogP contribution in [-0.4, -0.2) is 23.8 Å².